The Labute approximate surface area is 125 Å². The predicted octanol–water partition coefficient (Wildman–Crippen LogP) is 2.61. The van der Waals surface area contributed by atoms with E-state index < -0.39 is 16.9 Å². The lowest BCUT2D eigenvalue weighted by Gasteiger charge is -2.39. The van der Waals surface area contributed by atoms with Gasteiger partial charge in [-0.25, -0.2) is 0 Å². The highest BCUT2D eigenvalue weighted by Gasteiger charge is 2.43. The van der Waals surface area contributed by atoms with E-state index in [0.29, 0.717) is 11.6 Å². The molecule has 2 N–H and O–H groups in total. The van der Waals surface area contributed by atoms with Crippen LogP contribution in [0.3, 0.4) is 0 Å². The lowest BCUT2D eigenvalue weighted by molar-refractivity contribution is -0.151. The molecule has 0 saturated carbocycles. The summed E-state index contributed by atoms with van der Waals surface area (Å²) in [7, 11) is 1.84. The van der Waals surface area contributed by atoms with Crippen molar-refractivity contribution in [1.29, 1.82) is 0 Å². The molecule has 6 heteroatoms. The van der Waals surface area contributed by atoms with Crippen molar-refractivity contribution < 1.29 is 9.90 Å². The molecular formula is C14H24ClN3O2. The molecule has 5 nitrogen and oxygen atoms in total. The molecule has 0 radical (unpaired) electrons. The molecule has 0 aliphatic carbocycles. The molecule has 0 atom stereocenters. The zero-order valence-corrected chi connectivity index (χ0v) is 13.8. The van der Waals surface area contributed by atoms with Crippen LogP contribution < -0.4 is 5.32 Å². The van der Waals surface area contributed by atoms with Gasteiger partial charge in [-0.05, 0) is 34.1 Å². The van der Waals surface area contributed by atoms with E-state index >= 15 is 0 Å². The number of aliphatic carboxylic acids is 1. The third-order valence-corrected chi connectivity index (χ3v) is 4.73. The molecule has 0 spiro atoms. The summed E-state index contributed by atoms with van der Waals surface area (Å²) in [6.07, 6.45) is 0.774. The van der Waals surface area contributed by atoms with Gasteiger partial charge in [-0.1, -0.05) is 18.5 Å². The fourth-order valence-corrected chi connectivity index (χ4v) is 2.17. The molecule has 1 aromatic rings. The van der Waals surface area contributed by atoms with Crippen molar-refractivity contribution in [2.45, 2.75) is 53.1 Å². The van der Waals surface area contributed by atoms with Crippen molar-refractivity contribution in [3.8, 4) is 0 Å². The molecule has 1 heterocycles. The summed E-state index contributed by atoms with van der Waals surface area (Å²) in [5.74, 6) is -0.833. The minimum absolute atomic E-state index is 0.478. The van der Waals surface area contributed by atoms with E-state index in [1.165, 1.54) is 0 Å². The summed E-state index contributed by atoms with van der Waals surface area (Å²) in [5, 5.41) is 17.6. The SMILES string of the molecule is CCc1nn(C)c(CNC(C)(C)C(C)(C)C(=O)O)c1Cl. The highest BCUT2D eigenvalue weighted by Crippen LogP contribution is 2.31. The number of rotatable bonds is 6. The van der Waals surface area contributed by atoms with Gasteiger partial charge < -0.3 is 10.4 Å². The molecular weight excluding hydrogens is 278 g/mol. The normalized spacial score (nSPS) is 12.8. The number of halogens is 1. The van der Waals surface area contributed by atoms with Crippen molar-refractivity contribution in [2.75, 3.05) is 0 Å². The molecule has 0 bridgehead atoms. The van der Waals surface area contributed by atoms with Crippen molar-refractivity contribution in [3.63, 3.8) is 0 Å². The van der Waals surface area contributed by atoms with Crippen LogP contribution in [0.5, 0.6) is 0 Å². The summed E-state index contributed by atoms with van der Waals surface area (Å²) in [6.45, 7) is 9.67. The van der Waals surface area contributed by atoms with Crippen LogP contribution in [0.1, 0.15) is 46.0 Å². The van der Waals surface area contributed by atoms with Crippen molar-refractivity contribution in [1.82, 2.24) is 15.1 Å². The van der Waals surface area contributed by atoms with E-state index in [0.717, 1.165) is 17.8 Å². The molecule has 20 heavy (non-hydrogen) atoms. The van der Waals surface area contributed by atoms with Gasteiger partial charge in [0, 0.05) is 19.1 Å². The lowest BCUT2D eigenvalue weighted by atomic mass is 9.74. The summed E-state index contributed by atoms with van der Waals surface area (Å²) in [5.41, 5.74) is 0.254. The Kier molecular flexibility index (Phi) is 4.87. The number of aromatic nitrogens is 2. The molecule has 0 aliphatic heterocycles. The maximum atomic E-state index is 11.4. The zero-order valence-electron chi connectivity index (χ0n) is 13.0. The first kappa shape index (κ1) is 17.0. The van der Waals surface area contributed by atoms with E-state index in [-0.39, 0.29) is 0 Å². The smallest absolute Gasteiger partial charge is 0.310 e. The third kappa shape index (κ3) is 2.99. The molecule has 0 amide bonds. The fraction of sp³-hybridized carbons (Fsp3) is 0.714. The van der Waals surface area contributed by atoms with Gasteiger partial charge >= 0.3 is 5.97 Å². The predicted molar refractivity (Wildman–Crippen MR) is 79.9 cm³/mol. The van der Waals surface area contributed by atoms with Crippen LogP contribution >= 0.6 is 11.6 Å². The first-order valence-corrected chi connectivity index (χ1v) is 7.11. The number of nitrogens with one attached hydrogen (secondary N) is 1. The maximum absolute atomic E-state index is 11.4. The van der Waals surface area contributed by atoms with E-state index in [4.69, 9.17) is 11.6 Å². The molecule has 1 aromatic heterocycles. The number of hydrogen-bond donors (Lipinski definition) is 2. The second-order valence-corrected chi connectivity index (χ2v) is 6.47. The summed E-state index contributed by atoms with van der Waals surface area (Å²) < 4.78 is 1.75. The maximum Gasteiger partial charge on any atom is 0.310 e. The van der Waals surface area contributed by atoms with Crippen LogP contribution in [0.4, 0.5) is 0 Å². The average Bonchev–Trinajstić information content (AvgIpc) is 2.61. The summed E-state index contributed by atoms with van der Waals surface area (Å²) in [4.78, 5) is 11.4. The fourth-order valence-electron chi connectivity index (χ4n) is 1.80. The van der Waals surface area contributed by atoms with Gasteiger partial charge in [-0.15, -0.1) is 0 Å². The first-order chi connectivity index (χ1) is 9.04. The van der Waals surface area contributed by atoms with Crippen LogP contribution in [0.15, 0.2) is 0 Å². The molecule has 0 aliphatic rings. The Morgan fingerprint density at radius 3 is 2.35 bits per heavy atom. The monoisotopic (exact) mass is 301 g/mol. The summed E-state index contributed by atoms with van der Waals surface area (Å²) in [6, 6.07) is 0. The van der Waals surface area contributed by atoms with Gasteiger partial charge in [-0.2, -0.15) is 5.10 Å². The molecule has 0 unspecified atom stereocenters. The zero-order chi connectivity index (χ0) is 15.7. The molecule has 0 aromatic carbocycles. The largest absolute Gasteiger partial charge is 0.481 e. The van der Waals surface area contributed by atoms with Crippen LogP contribution in [0, 0.1) is 5.41 Å². The van der Waals surface area contributed by atoms with Crippen LogP contribution in [0.25, 0.3) is 0 Å². The second-order valence-electron chi connectivity index (χ2n) is 6.09. The van der Waals surface area contributed by atoms with Crippen molar-refractivity contribution in [3.05, 3.63) is 16.4 Å². The standard InChI is InChI=1S/C14H24ClN3O2/c1-7-9-11(15)10(18(6)17-9)8-16-14(4,5)13(2,3)12(19)20/h16H,7-8H2,1-6H3,(H,19,20). The van der Waals surface area contributed by atoms with Gasteiger partial charge in [0.1, 0.15) is 0 Å². The molecule has 0 saturated heterocycles. The Morgan fingerprint density at radius 2 is 1.95 bits per heavy atom. The lowest BCUT2D eigenvalue weighted by Crippen LogP contribution is -2.54. The van der Waals surface area contributed by atoms with Gasteiger partial charge in [-0.3, -0.25) is 9.48 Å². The van der Waals surface area contributed by atoms with Gasteiger partial charge in [0.15, 0.2) is 0 Å². The highest BCUT2D eigenvalue weighted by molar-refractivity contribution is 6.31. The minimum Gasteiger partial charge on any atom is -0.481 e. The van der Waals surface area contributed by atoms with E-state index in [2.05, 4.69) is 10.4 Å². The molecule has 114 valence electrons. The Balaban J connectivity index is 2.92. The topological polar surface area (TPSA) is 67.2 Å². The number of hydrogen-bond acceptors (Lipinski definition) is 3. The number of aryl methyl sites for hydroxylation is 2. The second kappa shape index (κ2) is 5.74. The Bertz CT molecular complexity index is 507. The highest BCUT2D eigenvalue weighted by atomic mass is 35.5. The van der Waals surface area contributed by atoms with Gasteiger partial charge in [0.2, 0.25) is 0 Å². The van der Waals surface area contributed by atoms with E-state index in [9.17, 15) is 9.90 Å². The van der Waals surface area contributed by atoms with Crippen LogP contribution in [0.2, 0.25) is 5.02 Å². The van der Waals surface area contributed by atoms with E-state index in [1.807, 2.05) is 27.8 Å². The van der Waals surface area contributed by atoms with Gasteiger partial charge in [0.25, 0.3) is 0 Å². The van der Waals surface area contributed by atoms with E-state index in [1.54, 1.807) is 18.5 Å². The summed E-state index contributed by atoms with van der Waals surface area (Å²) >= 11 is 6.30. The van der Waals surface area contributed by atoms with Crippen LogP contribution in [-0.4, -0.2) is 26.4 Å². The quantitative estimate of drug-likeness (QED) is 0.847. The first-order valence-electron chi connectivity index (χ1n) is 6.73. The average molecular weight is 302 g/mol. The third-order valence-electron chi connectivity index (χ3n) is 4.30. The number of carboxylic acids is 1. The molecule has 0 fully saturated rings. The number of nitrogens with zero attached hydrogens (tertiary/aromatic N) is 2. The minimum atomic E-state index is -0.897. The Hall–Kier alpha value is -1.07. The Morgan fingerprint density at radius 1 is 1.40 bits per heavy atom. The number of carboxylic acid groups (broad SMARTS) is 1. The van der Waals surface area contributed by atoms with Crippen LogP contribution in [-0.2, 0) is 24.8 Å². The molecule has 1 rings (SSSR count). The number of carbonyl (C=O) groups is 1. The van der Waals surface area contributed by atoms with Crippen molar-refractivity contribution in [2.24, 2.45) is 12.5 Å². The van der Waals surface area contributed by atoms with Gasteiger partial charge in [0.05, 0.1) is 21.8 Å². The van der Waals surface area contributed by atoms with Crippen molar-refractivity contribution >= 4 is 17.6 Å².